The van der Waals surface area contributed by atoms with Gasteiger partial charge in [0.2, 0.25) is 0 Å². The molecule has 2 heteroatoms. The smallest absolute Gasteiger partial charge is 0.129 e. The molecule has 0 aliphatic heterocycles. The summed E-state index contributed by atoms with van der Waals surface area (Å²) in [7, 11) is 0. The summed E-state index contributed by atoms with van der Waals surface area (Å²) in [5, 5.41) is 0. The molecular weight excluding hydrogens is 242 g/mol. The second kappa shape index (κ2) is 19.4. The van der Waals surface area contributed by atoms with Crippen molar-refractivity contribution in [1.29, 1.82) is 0 Å². The molecule has 19 heavy (non-hydrogen) atoms. The molecule has 0 radical (unpaired) electrons. The molecule has 1 aromatic carbocycles. The molecule has 0 fully saturated rings. The van der Waals surface area contributed by atoms with Crippen LogP contribution in [0.1, 0.15) is 73.4 Å². The van der Waals surface area contributed by atoms with E-state index in [0.717, 1.165) is 0 Å². The maximum atomic E-state index is 12.9. The highest BCUT2D eigenvalue weighted by Crippen LogP contribution is 2.14. The van der Waals surface area contributed by atoms with E-state index < -0.39 is 11.6 Å². The third-order valence-corrected chi connectivity index (χ3v) is 1.64. The van der Waals surface area contributed by atoms with E-state index in [9.17, 15) is 8.78 Å². The Morgan fingerprint density at radius 3 is 1.32 bits per heavy atom. The van der Waals surface area contributed by atoms with E-state index in [2.05, 4.69) is 13.8 Å². The van der Waals surface area contributed by atoms with Gasteiger partial charge in [-0.25, -0.2) is 8.78 Å². The molecule has 0 saturated carbocycles. The Balaban J connectivity index is -0.000000121. The molecule has 0 atom stereocenters. The molecule has 116 valence electrons. The van der Waals surface area contributed by atoms with E-state index in [0.29, 0.717) is 12.0 Å². The Kier molecular flexibility index (Phi) is 27.2. The summed E-state index contributed by atoms with van der Waals surface area (Å²) in [6.45, 7) is 15.7. The van der Waals surface area contributed by atoms with Crippen LogP contribution in [0, 0.1) is 18.6 Å². The van der Waals surface area contributed by atoms with Crippen molar-refractivity contribution in [3.8, 4) is 0 Å². The molecule has 0 aromatic heterocycles. The molecule has 1 rings (SSSR count). The Morgan fingerprint density at radius 1 is 0.842 bits per heavy atom. The minimum absolute atomic E-state index is 0. The van der Waals surface area contributed by atoms with E-state index in [1.807, 2.05) is 27.7 Å². The summed E-state index contributed by atoms with van der Waals surface area (Å²) >= 11 is 0. The average Bonchev–Trinajstić information content (AvgIpc) is 2.34. The van der Waals surface area contributed by atoms with E-state index in [4.69, 9.17) is 0 Å². The van der Waals surface area contributed by atoms with E-state index in [-0.39, 0.29) is 13.0 Å². The lowest BCUT2D eigenvalue weighted by molar-refractivity contribution is 0.557. The van der Waals surface area contributed by atoms with E-state index >= 15 is 0 Å². The fourth-order valence-electron chi connectivity index (χ4n) is 1.07. The molecule has 0 saturated heterocycles. The van der Waals surface area contributed by atoms with Gasteiger partial charge in [-0.2, -0.15) is 0 Å². The van der Waals surface area contributed by atoms with Crippen LogP contribution in [-0.4, -0.2) is 0 Å². The van der Waals surface area contributed by atoms with Crippen molar-refractivity contribution in [1.82, 2.24) is 0 Å². The first kappa shape index (κ1) is 26.6. The molecule has 0 amide bonds. The third kappa shape index (κ3) is 13.3. The number of halogens is 2. The number of rotatable bonds is 1. The van der Waals surface area contributed by atoms with Crippen LogP contribution in [0.2, 0.25) is 0 Å². The van der Waals surface area contributed by atoms with Gasteiger partial charge in [-0.15, -0.1) is 0 Å². The molecule has 0 bridgehead atoms. The first-order valence-electron chi connectivity index (χ1n) is 7.01. The maximum Gasteiger partial charge on any atom is 0.129 e. The Morgan fingerprint density at radius 2 is 1.11 bits per heavy atom. The largest absolute Gasteiger partial charge is 0.207 e. The first-order valence-corrected chi connectivity index (χ1v) is 7.01. The maximum absolute atomic E-state index is 12.9. The summed E-state index contributed by atoms with van der Waals surface area (Å²) in [4.78, 5) is 0. The van der Waals surface area contributed by atoms with Crippen LogP contribution in [-0.2, 0) is 6.42 Å². The van der Waals surface area contributed by atoms with Crippen molar-refractivity contribution in [3.63, 3.8) is 0 Å². The molecule has 0 nitrogen and oxygen atoms in total. The van der Waals surface area contributed by atoms with E-state index in [1.165, 1.54) is 18.6 Å². The van der Waals surface area contributed by atoms with Crippen LogP contribution >= 0.6 is 0 Å². The second-order valence-electron chi connectivity index (χ2n) is 3.27. The summed E-state index contributed by atoms with van der Waals surface area (Å²) in [6.07, 6.45) is 1.65. The zero-order chi connectivity index (χ0) is 15.1. The van der Waals surface area contributed by atoms with Crippen LogP contribution in [0.5, 0.6) is 0 Å². The minimum Gasteiger partial charge on any atom is -0.207 e. The Hall–Kier alpha value is -0.920. The van der Waals surface area contributed by atoms with Crippen molar-refractivity contribution in [2.75, 3.05) is 0 Å². The predicted octanol–water partition coefficient (Wildman–Crippen LogP) is 6.94. The van der Waals surface area contributed by atoms with Crippen molar-refractivity contribution in [3.05, 3.63) is 34.9 Å². The fraction of sp³-hybridized carbons (Fsp3) is 0.647. The normalized spacial score (nSPS) is 7.47. The topological polar surface area (TPSA) is 0 Å². The molecule has 0 spiro atoms. The van der Waals surface area contributed by atoms with Crippen LogP contribution < -0.4 is 0 Å². The molecule has 1 aromatic rings. The van der Waals surface area contributed by atoms with Gasteiger partial charge in [0, 0.05) is 5.56 Å². The lowest BCUT2D eigenvalue weighted by Crippen LogP contribution is -1.94. The van der Waals surface area contributed by atoms with Gasteiger partial charge in [-0.1, -0.05) is 62.3 Å². The third-order valence-electron chi connectivity index (χ3n) is 1.64. The number of benzene rings is 1. The van der Waals surface area contributed by atoms with E-state index in [1.54, 1.807) is 13.8 Å². The zero-order valence-corrected chi connectivity index (χ0v) is 13.3. The average molecular weight is 276 g/mol. The summed E-state index contributed by atoms with van der Waals surface area (Å²) < 4.78 is 25.7. The lowest BCUT2D eigenvalue weighted by atomic mass is 10.1. The molecule has 0 N–H and O–H groups in total. The molecule has 0 heterocycles. The monoisotopic (exact) mass is 276 g/mol. The lowest BCUT2D eigenvalue weighted by Gasteiger charge is -2.01. The van der Waals surface area contributed by atoms with Crippen LogP contribution in [0.25, 0.3) is 0 Å². The van der Waals surface area contributed by atoms with Crippen LogP contribution in [0.3, 0.4) is 0 Å². The van der Waals surface area contributed by atoms with Gasteiger partial charge in [0.05, 0.1) is 0 Å². The SMILES string of the molecule is C.CC.CC.CCC.CCc1c(F)cc(C)cc1F. The molecule has 0 unspecified atom stereocenters. The first-order chi connectivity index (χ1) is 8.56. The number of hydrogen-bond donors (Lipinski definition) is 0. The van der Waals surface area contributed by atoms with Crippen molar-refractivity contribution in [2.24, 2.45) is 0 Å². The van der Waals surface area contributed by atoms with Crippen molar-refractivity contribution < 1.29 is 8.78 Å². The number of hydrogen-bond acceptors (Lipinski definition) is 0. The minimum atomic E-state index is -0.440. The van der Waals surface area contributed by atoms with Gasteiger partial charge >= 0.3 is 0 Å². The van der Waals surface area contributed by atoms with Gasteiger partial charge in [-0.05, 0) is 31.0 Å². The van der Waals surface area contributed by atoms with Crippen LogP contribution in [0.15, 0.2) is 12.1 Å². The van der Waals surface area contributed by atoms with Gasteiger partial charge in [0.15, 0.2) is 0 Å². The second-order valence-corrected chi connectivity index (χ2v) is 3.27. The zero-order valence-electron chi connectivity index (χ0n) is 13.3. The summed E-state index contributed by atoms with van der Waals surface area (Å²) in [5.74, 6) is -0.880. The predicted molar refractivity (Wildman–Crippen MR) is 85.9 cm³/mol. The highest BCUT2D eigenvalue weighted by molar-refractivity contribution is 5.25. The van der Waals surface area contributed by atoms with Gasteiger partial charge < -0.3 is 0 Å². The fourth-order valence-corrected chi connectivity index (χ4v) is 1.07. The Labute approximate surface area is 120 Å². The van der Waals surface area contributed by atoms with Gasteiger partial charge in [0.25, 0.3) is 0 Å². The number of aryl methyl sites for hydroxylation is 1. The molecular formula is C17H34F2. The van der Waals surface area contributed by atoms with Crippen LogP contribution in [0.4, 0.5) is 8.78 Å². The Bertz CT molecular complexity index is 258. The van der Waals surface area contributed by atoms with Gasteiger partial charge in [-0.3, -0.25) is 0 Å². The summed E-state index contributed by atoms with van der Waals surface area (Å²) in [5.41, 5.74) is 0.799. The summed E-state index contributed by atoms with van der Waals surface area (Å²) in [6, 6.07) is 2.70. The van der Waals surface area contributed by atoms with Gasteiger partial charge in [0.1, 0.15) is 11.6 Å². The standard InChI is InChI=1S/C9H10F2.C3H8.2C2H6.CH4/c1-3-7-8(10)4-6(2)5-9(7)11;1-3-2;2*1-2;/h4-5H,3H2,1-2H3;3H2,1-2H3;2*1-2H3;1H4. The van der Waals surface area contributed by atoms with Crippen molar-refractivity contribution >= 4 is 0 Å². The highest BCUT2D eigenvalue weighted by atomic mass is 19.1. The molecule has 0 aliphatic carbocycles. The quantitative estimate of drug-likeness (QED) is 0.521. The highest BCUT2D eigenvalue weighted by Gasteiger charge is 2.06. The van der Waals surface area contributed by atoms with Crippen molar-refractivity contribution in [2.45, 2.75) is 75.7 Å². The molecule has 0 aliphatic rings.